The molecule has 8 heteroatoms. The van der Waals surface area contributed by atoms with Crippen LogP contribution < -0.4 is 10.2 Å². The number of fused-ring (bicyclic) bond motifs is 1. The molecular weight excluding hydrogens is 376 g/mol. The van der Waals surface area contributed by atoms with Gasteiger partial charge in [0.1, 0.15) is 0 Å². The predicted molar refractivity (Wildman–Crippen MR) is 105 cm³/mol. The Balaban J connectivity index is 1.28. The van der Waals surface area contributed by atoms with E-state index in [1.165, 1.54) is 17.3 Å². The van der Waals surface area contributed by atoms with Crippen LogP contribution in [-0.4, -0.2) is 34.3 Å². The molecule has 0 spiro atoms. The first kappa shape index (κ1) is 18.2. The Morgan fingerprint density at radius 1 is 1.07 bits per heavy atom. The molecule has 7 nitrogen and oxygen atoms in total. The fraction of sp³-hybridized carbons (Fsp3) is 0.200. The number of anilines is 1. The molecule has 1 aliphatic heterocycles. The van der Waals surface area contributed by atoms with Crippen molar-refractivity contribution < 1.29 is 14.0 Å². The number of aromatic nitrogens is 2. The lowest BCUT2D eigenvalue weighted by Gasteiger charge is -2.16. The molecule has 0 fully saturated rings. The van der Waals surface area contributed by atoms with Crippen LogP contribution in [-0.2, 0) is 17.8 Å². The molecule has 1 N–H and O–H groups in total. The quantitative estimate of drug-likeness (QED) is 0.647. The van der Waals surface area contributed by atoms with Crippen LogP contribution >= 0.6 is 11.8 Å². The summed E-state index contributed by atoms with van der Waals surface area (Å²) >= 11 is 1.20. The van der Waals surface area contributed by atoms with Gasteiger partial charge in [0.05, 0.1) is 12.3 Å². The van der Waals surface area contributed by atoms with Gasteiger partial charge >= 0.3 is 0 Å². The molecule has 28 heavy (non-hydrogen) atoms. The van der Waals surface area contributed by atoms with Gasteiger partial charge in [-0.05, 0) is 30.2 Å². The molecule has 142 valence electrons. The van der Waals surface area contributed by atoms with Crippen molar-refractivity contribution in [2.24, 2.45) is 0 Å². The van der Waals surface area contributed by atoms with Crippen LogP contribution in [0.5, 0.6) is 0 Å². The number of carbonyl (C=O) groups is 2. The van der Waals surface area contributed by atoms with Gasteiger partial charge in [0.2, 0.25) is 11.8 Å². The van der Waals surface area contributed by atoms with Crippen molar-refractivity contribution in [3.05, 3.63) is 71.6 Å². The van der Waals surface area contributed by atoms with Crippen LogP contribution in [0.4, 0.5) is 5.69 Å². The Bertz CT molecular complexity index is 990. The zero-order valence-electron chi connectivity index (χ0n) is 15.0. The number of carbonyl (C=O) groups excluding carboxylic acids is 2. The fourth-order valence-electron chi connectivity index (χ4n) is 3.01. The van der Waals surface area contributed by atoms with Gasteiger partial charge in [0, 0.05) is 17.8 Å². The highest BCUT2D eigenvalue weighted by molar-refractivity contribution is 7.99. The molecule has 2 amide bonds. The van der Waals surface area contributed by atoms with Gasteiger partial charge in [-0.15, -0.1) is 10.2 Å². The van der Waals surface area contributed by atoms with Gasteiger partial charge in [-0.2, -0.15) is 0 Å². The number of thioether (sulfide) groups is 1. The lowest BCUT2D eigenvalue weighted by atomic mass is 10.2. The van der Waals surface area contributed by atoms with Crippen LogP contribution in [0.25, 0.3) is 0 Å². The first-order valence-corrected chi connectivity index (χ1v) is 9.86. The first-order chi connectivity index (χ1) is 13.7. The van der Waals surface area contributed by atoms with Crippen LogP contribution in [0.1, 0.15) is 21.8 Å². The highest BCUT2D eigenvalue weighted by atomic mass is 32.2. The molecule has 1 aromatic heterocycles. The SMILES string of the molecule is O=C(NCc1nnc(SCC(=O)N2CCc3ccccc32)o1)c1ccccc1. The second-order valence-corrected chi connectivity index (χ2v) is 7.15. The average molecular weight is 394 g/mol. The molecule has 0 aliphatic carbocycles. The molecule has 2 aromatic carbocycles. The Kier molecular flexibility index (Phi) is 5.38. The van der Waals surface area contributed by atoms with Gasteiger partial charge in [-0.1, -0.05) is 48.2 Å². The van der Waals surface area contributed by atoms with Crippen molar-refractivity contribution in [2.75, 3.05) is 17.2 Å². The lowest BCUT2D eigenvalue weighted by Crippen LogP contribution is -2.30. The third-order valence-corrected chi connectivity index (χ3v) is 5.20. The molecule has 3 aromatic rings. The number of benzene rings is 2. The summed E-state index contributed by atoms with van der Waals surface area (Å²) in [6, 6.07) is 16.8. The molecule has 0 atom stereocenters. The normalized spacial score (nSPS) is 12.6. The lowest BCUT2D eigenvalue weighted by molar-refractivity contribution is -0.116. The number of hydrogen-bond acceptors (Lipinski definition) is 6. The largest absolute Gasteiger partial charge is 0.414 e. The van der Waals surface area contributed by atoms with Crippen molar-refractivity contribution in [2.45, 2.75) is 18.2 Å². The molecule has 0 radical (unpaired) electrons. The highest BCUT2D eigenvalue weighted by Crippen LogP contribution is 2.28. The summed E-state index contributed by atoms with van der Waals surface area (Å²) in [7, 11) is 0. The average Bonchev–Trinajstić information content (AvgIpc) is 3.38. The number of rotatable bonds is 6. The van der Waals surface area contributed by atoms with Crippen LogP contribution in [0, 0.1) is 0 Å². The van der Waals surface area contributed by atoms with E-state index in [9.17, 15) is 9.59 Å². The van der Waals surface area contributed by atoms with E-state index < -0.39 is 0 Å². The summed E-state index contributed by atoms with van der Waals surface area (Å²) in [4.78, 5) is 26.3. The topological polar surface area (TPSA) is 88.3 Å². The van der Waals surface area contributed by atoms with E-state index in [1.54, 1.807) is 29.2 Å². The summed E-state index contributed by atoms with van der Waals surface area (Å²) in [6.45, 7) is 0.827. The Morgan fingerprint density at radius 3 is 2.71 bits per heavy atom. The van der Waals surface area contributed by atoms with Crippen LogP contribution in [0.2, 0.25) is 0 Å². The second-order valence-electron chi connectivity index (χ2n) is 6.22. The van der Waals surface area contributed by atoms with E-state index in [0.29, 0.717) is 23.2 Å². The number of para-hydroxylation sites is 1. The molecular formula is C20H18N4O3S. The van der Waals surface area contributed by atoms with Crippen molar-refractivity contribution in [3.63, 3.8) is 0 Å². The predicted octanol–water partition coefficient (Wildman–Crippen LogP) is 2.68. The Hall–Kier alpha value is -3.13. The zero-order valence-corrected chi connectivity index (χ0v) is 15.8. The Morgan fingerprint density at radius 2 is 1.86 bits per heavy atom. The van der Waals surface area contributed by atoms with E-state index in [2.05, 4.69) is 15.5 Å². The van der Waals surface area contributed by atoms with Crippen molar-refractivity contribution >= 4 is 29.3 Å². The number of amides is 2. The minimum absolute atomic E-state index is 0.00656. The minimum Gasteiger partial charge on any atom is -0.414 e. The van der Waals surface area contributed by atoms with E-state index >= 15 is 0 Å². The standard InChI is InChI=1S/C20H18N4O3S/c25-18(24-11-10-14-6-4-5-9-16(14)24)13-28-20-23-22-17(27-20)12-21-19(26)15-7-2-1-3-8-15/h1-9H,10-13H2,(H,21,26). The maximum atomic E-state index is 12.5. The minimum atomic E-state index is -0.212. The maximum absolute atomic E-state index is 12.5. The van der Waals surface area contributed by atoms with Crippen molar-refractivity contribution in [1.29, 1.82) is 0 Å². The van der Waals surface area contributed by atoms with Gasteiger partial charge in [-0.25, -0.2) is 0 Å². The molecule has 1 aliphatic rings. The van der Waals surface area contributed by atoms with Gasteiger partial charge < -0.3 is 14.6 Å². The molecule has 0 bridgehead atoms. The van der Waals surface area contributed by atoms with Crippen LogP contribution in [0.3, 0.4) is 0 Å². The summed E-state index contributed by atoms with van der Waals surface area (Å²) in [5.41, 5.74) is 2.73. The third-order valence-electron chi connectivity index (χ3n) is 4.39. The smallest absolute Gasteiger partial charge is 0.277 e. The number of nitrogens with zero attached hydrogens (tertiary/aromatic N) is 3. The molecule has 2 heterocycles. The summed E-state index contributed by atoms with van der Waals surface area (Å²) in [5.74, 6) is 0.306. The zero-order chi connectivity index (χ0) is 19.3. The maximum Gasteiger partial charge on any atom is 0.277 e. The van der Waals surface area contributed by atoms with Gasteiger partial charge in [0.15, 0.2) is 0 Å². The fourth-order valence-corrected chi connectivity index (χ4v) is 3.67. The number of hydrogen-bond donors (Lipinski definition) is 1. The third kappa shape index (κ3) is 4.07. The number of nitrogens with one attached hydrogen (secondary N) is 1. The summed E-state index contributed by atoms with van der Waals surface area (Å²) < 4.78 is 5.51. The van der Waals surface area contributed by atoms with Gasteiger partial charge in [0.25, 0.3) is 11.1 Å². The molecule has 0 saturated carbocycles. The molecule has 4 rings (SSSR count). The first-order valence-electron chi connectivity index (χ1n) is 8.87. The van der Waals surface area contributed by atoms with Crippen LogP contribution in [0.15, 0.2) is 64.2 Å². The molecule has 0 saturated heterocycles. The summed E-state index contributed by atoms with van der Waals surface area (Å²) in [6.07, 6.45) is 0.873. The second kappa shape index (κ2) is 8.26. The van der Waals surface area contributed by atoms with Gasteiger partial charge in [-0.3, -0.25) is 9.59 Å². The van der Waals surface area contributed by atoms with E-state index in [1.807, 2.05) is 30.3 Å². The monoisotopic (exact) mass is 394 g/mol. The van der Waals surface area contributed by atoms with E-state index in [4.69, 9.17) is 4.42 Å². The summed E-state index contributed by atoms with van der Waals surface area (Å²) in [5, 5.41) is 10.9. The Labute approximate surface area is 166 Å². The highest BCUT2D eigenvalue weighted by Gasteiger charge is 2.24. The van der Waals surface area contributed by atoms with Crippen molar-refractivity contribution in [1.82, 2.24) is 15.5 Å². The van der Waals surface area contributed by atoms with Crippen molar-refractivity contribution in [3.8, 4) is 0 Å². The van der Waals surface area contributed by atoms with E-state index in [0.717, 1.165) is 12.1 Å². The van der Waals surface area contributed by atoms with E-state index in [-0.39, 0.29) is 24.1 Å². The molecule has 0 unspecified atom stereocenters.